The quantitative estimate of drug-likeness (QED) is 0.480. The average molecular weight is 364 g/mol. The van der Waals surface area contributed by atoms with Gasteiger partial charge >= 0.3 is 0 Å². The van der Waals surface area contributed by atoms with Gasteiger partial charge in [-0.15, -0.1) is 10.2 Å². The van der Waals surface area contributed by atoms with E-state index in [-0.39, 0.29) is 0 Å². The Balaban J connectivity index is 1.40. The molecule has 0 aliphatic rings. The predicted octanol–water partition coefficient (Wildman–Crippen LogP) is 4.18. The van der Waals surface area contributed by atoms with Gasteiger partial charge in [0.05, 0.1) is 23.8 Å². The van der Waals surface area contributed by atoms with Crippen LogP contribution < -0.4 is 0 Å². The van der Waals surface area contributed by atoms with Crippen LogP contribution >= 0.6 is 0 Å². The lowest BCUT2D eigenvalue weighted by Crippen LogP contribution is -2.02. The van der Waals surface area contributed by atoms with Crippen LogP contribution in [0.1, 0.15) is 0 Å². The van der Waals surface area contributed by atoms with E-state index in [1.165, 1.54) is 0 Å². The summed E-state index contributed by atoms with van der Waals surface area (Å²) in [5.41, 5.74) is 5.51. The molecule has 0 unspecified atom stereocenters. The van der Waals surface area contributed by atoms with E-state index in [1.807, 2.05) is 84.9 Å². The van der Waals surface area contributed by atoms with E-state index in [0.29, 0.717) is 0 Å². The fraction of sp³-hybridized carbons (Fsp3) is 0. The first kappa shape index (κ1) is 16.1. The molecule has 2 aromatic heterocycles. The maximum Gasteiger partial charge on any atom is 0.113 e. The summed E-state index contributed by atoms with van der Waals surface area (Å²) in [5.74, 6) is 0. The molecule has 0 radical (unpaired) electrons. The topological polar surface area (TPSA) is 61.4 Å². The molecule has 0 fully saturated rings. The minimum Gasteiger partial charge on any atom is -0.156 e. The van der Waals surface area contributed by atoms with Gasteiger partial charge in [0.1, 0.15) is 11.4 Å². The highest BCUT2D eigenvalue weighted by atomic mass is 15.5. The lowest BCUT2D eigenvalue weighted by molar-refractivity contribution is 0.741. The highest BCUT2D eigenvalue weighted by molar-refractivity contribution is 5.58. The molecule has 0 N–H and O–H groups in total. The van der Waals surface area contributed by atoms with E-state index in [4.69, 9.17) is 0 Å². The standard InChI is InChI=1S/C22H16N6/c1-3-7-17(8-4-1)21-15-23-27(25-21)19-11-13-20(14-12-19)28-24-16-22(26-28)18-9-5-2-6-10-18/h1-16H. The maximum absolute atomic E-state index is 4.56. The van der Waals surface area contributed by atoms with Crippen molar-refractivity contribution in [2.75, 3.05) is 0 Å². The van der Waals surface area contributed by atoms with Crippen molar-refractivity contribution in [1.82, 2.24) is 30.0 Å². The zero-order valence-corrected chi connectivity index (χ0v) is 14.9. The molecule has 0 bridgehead atoms. The van der Waals surface area contributed by atoms with Crippen molar-refractivity contribution >= 4 is 0 Å². The summed E-state index contributed by atoms with van der Waals surface area (Å²) < 4.78 is 0. The van der Waals surface area contributed by atoms with E-state index >= 15 is 0 Å². The third-order valence-corrected chi connectivity index (χ3v) is 4.43. The molecule has 3 aromatic carbocycles. The largest absolute Gasteiger partial charge is 0.156 e. The molecule has 0 aliphatic heterocycles. The summed E-state index contributed by atoms with van der Waals surface area (Å²) in [6.07, 6.45) is 3.54. The van der Waals surface area contributed by atoms with Crippen LogP contribution in [-0.2, 0) is 0 Å². The van der Waals surface area contributed by atoms with Crippen LogP contribution in [0, 0.1) is 0 Å². The summed E-state index contributed by atoms with van der Waals surface area (Å²) in [6.45, 7) is 0. The van der Waals surface area contributed by atoms with Gasteiger partial charge in [-0.05, 0) is 24.3 Å². The van der Waals surface area contributed by atoms with Crippen LogP contribution in [0.2, 0.25) is 0 Å². The summed E-state index contributed by atoms with van der Waals surface area (Å²) in [7, 11) is 0. The van der Waals surface area contributed by atoms with Gasteiger partial charge in [0.2, 0.25) is 0 Å². The van der Waals surface area contributed by atoms with Crippen LogP contribution in [0.15, 0.2) is 97.3 Å². The Hall–Kier alpha value is -4.06. The first-order valence-corrected chi connectivity index (χ1v) is 8.93. The Morgan fingerprint density at radius 1 is 0.464 bits per heavy atom. The van der Waals surface area contributed by atoms with Gasteiger partial charge in [0, 0.05) is 11.1 Å². The van der Waals surface area contributed by atoms with Crippen molar-refractivity contribution in [2.45, 2.75) is 0 Å². The van der Waals surface area contributed by atoms with Gasteiger partial charge in [0.15, 0.2) is 0 Å². The smallest absolute Gasteiger partial charge is 0.113 e. The highest BCUT2D eigenvalue weighted by Gasteiger charge is 2.07. The zero-order valence-electron chi connectivity index (χ0n) is 14.9. The summed E-state index contributed by atoms with van der Waals surface area (Å²) >= 11 is 0. The molecular formula is C22H16N6. The Labute approximate surface area is 161 Å². The number of nitrogens with zero attached hydrogens (tertiary/aromatic N) is 6. The van der Waals surface area contributed by atoms with Gasteiger partial charge < -0.3 is 0 Å². The number of rotatable bonds is 4. The third kappa shape index (κ3) is 3.07. The average Bonchev–Trinajstić information content (AvgIpc) is 3.46. The fourth-order valence-electron chi connectivity index (χ4n) is 2.98. The Morgan fingerprint density at radius 2 is 0.857 bits per heavy atom. The summed E-state index contributed by atoms with van der Waals surface area (Å²) in [5, 5.41) is 17.9. The van der Waals surface area contributed by atoms with E-state index in [0.717, 1.165) is 33.9 Å². The van der Waals surface area contributed by atoms with E-state index < -0.39 is 0 Å². The minimum atomic E-state index is 0.839. The van der Waals surface area contributed by atoms with Crippen LogP contribution in [0.5, 0.6) is 0 Å². The minimum absolute atomic E-state index is 0.839. The van der Waals surface area contributed by atoms with Crippen LogP contribution in [0.4, 0.5) is 0 Å². The summed E-state index contributed by atoms with van der Waals surface area (Å²) in [6, 6.07) is 27.8. The fourth-order valence-corrected chi connectivity index (χ4v) is 2.98. The second-order valence-corrected chi connectivity index (χ2v) is 6.29. The highest BCUT2D eigenvalue weighted by Crippen LogP contribution is 2.19. The number of aromatic nitrogens is 6. The molecule has 5 aromatic rings. The first-order chi connectivity index (χ1) is 13.9. The van der Waals surface area contributed by atoms with Crippen molar-refractivity contribution in [3.05, 3.63) is 97.3 Å². The number of benzene rings is 3. The molecule has 0 amide bonds. The molecule has 0 spiro atoms. The molecule has 5 rings (SSSR count). The van der Waals surface area contributed by atoms with E-state index in [2.05, 4.69) is 20.4 Å². The zero-order chi connectivity index (χ0) is 18.8. The molecule has 6 nitrogen and oxygen atoms in total. The van der Waals surface area contributed by atoms with Gasteiger partial charge in [-0.1, -0.05) is 60.7 Å². The van der Waals surface area contributed by atoms with Crippen LogP contribution in [0.25, 0.3) is 33.9 Å². The molecule has 0 saturated carbocycles. The van der Waals surface area contributed by atoms with Crippen molar-refractivity contribution in [1.29, 1.82) is 0 Å². The molecule has 28 heavy (non-hydrogen) atoms. The molecule has 2 heterocycles. The van der Waals surface area contributed by atoms with Gasteiger partial charge in [-0.25, -0.2) is 0 Å². The Kier molecular flexibility index (Phi) is 3.99. The van der Waals surface area contributed by atoms with Crippen molar-refractivity contribution in [3.8, 4) is 33.9 Å². The SMILES string of the molecule is c1ccc(-c2cnn(-c3ccc(-n4ncc(-c5ccccc5)n4)cc3)n2)cc1. The molecule has 0 aliphatic carbocycles. The third-order valence-electron chi connectivity index (χ3n) is 4.43. The normalized spacial score (nSPS) is 10.9. The Morgan fingerprint density at radius 3 is 1.25 bits per heavy atom. The van der Waals surface area contributed by atoms with Crippen molar-refractivity contribution in [2.24, 2.45) is 0 Å². The summed E-state index contributed by atoms with van der Waals surface area (Å²) in [4.78, 5) is 3.25. The Bertz CT molecular complexity index is 1090. The van der Waals surface area contributed by atoms with Crippen LogP contribution in [-0.4, -0.2) is 30.0 Å². The second kappa shape index (κ2) is 6.92. The van der Waals surface area contributed by atoms with E-state index in [9.17, 15) is 0 Å². The predicted molar refractivity (Wildman–Crippen MR) is 107 cm³/mol. The molecule has 6 heteroatoms. The van der Waals surface area contributed by atoms with Crippen molar-refractivity contribution in [3.63, 3.8) is 0 Å². The second-order valence-electron chi connectivity index (χ2n) is 6.29. The number of hydrogen-bond acceptors (Lipinski definition) is 4. The van der Waals surface area contributed by atoms with Crippen LogP contribution in [0.3, 0.4) is 0 Å². The molecular weight excluding hydrogens is 348 g/mol. The lowest BCUT2D eigenvalue weighted by Gasteiger charge is -2.02. The molecule has 134 valence electrons. The monoisotopic (exact) mass is 364 g/mol. The molecule has 0 saturated heterocycles. The first-order valence-electron chi connectivity index (χ1n) is 8.93. The van der Waals surface area contributed by atoms with E-state index in [1.54, 1.807) is 22.0 Å². The van der Waals surface area contributed by atoms with Gasteiger partial charge in [0.25, 0.3) is 0 Å². The van der Waals surface area contributed by atoms with Gasteiger partial charge in [-0.3, -0.25) is 0 Å². The lowest BCUT2D eigenvalue weighted by atomic mass is 10.2. The molecule has 0 atom stereocenters. The maximum atomic E-state index is 4.56. The number of hydrogen-bond donors (Lipinski definition) is 0. The van der Waals surface area contributed by atoms with Gasteiger partial charge in [-0.2, -0.15) is 19.8 Å². The van der Waals surface area contributed by atoms with Crippen molar-refractivity contribution < 1.29 is 0 Å².